The number of nitrogens with one attached hydrogen (secondary N) is 1. The van der Waals surface area contributed by atoms with E-state index in [2.05, 4.69) is 15.3 Å². The Balaban J connectivity index is 2.94. The van der Waals surface area contributed by atoms with E-state index in [0.29, 0.717) is 12.1 Å². The quantitative estimate of drug-likeness (QED) is 0.344. The highest BCUT2D eigenvalue weighted by molar-refractivity contribution is 5.80. The van der Waals surface area contributed by atoms with Gasteiger partial charge in [-0.3, -0.25) is 5.32 Å². The summed E-state index contributed by atoms with van der Waals surface area (Å²) >= 11 is 0. The topological polar surface area (TPSA) is 101 Å². The molecule has 0 heterocycles. The molecule has 0 aliphatic heterocycles. The van der Waals surface area contributed by atoms with E-state index in [9.17, 15) is 9.90 Å². The van der Waals surface area contributed by atoms with Crippen LogP contribution in [-0.4, -0.2) is 38.3 Å². The second-order valence-corrected chi connectivity index (χ2v) is 4.75. The van der Waals surface area contributed by atoms with E-state index in [-0.39, 0.29) is 6.54 Å². The average Bonchev–Trinajstić information content (AvgIpc) is 2.43. The lowest BCUT2D eigenvalue weighted by molar-refractivity contribution is -0.144. The largest absolute Gasteiger partial charge is 0.480 e. The monoisotopic (exact) mass is 277 g/mol. The molecular formula is C13H19N5O2. The molecule has 0 amide bonds. The highest BCUT2D eigenvalue weighted by atomic mass is 16.4. The van der Waals surface area contributed by atoms with Gasteiger partial charge in [-0.05, 0) is 30.2 Å². The molecule has 7 nitrogen and oxygen atoms in total. The number of rotatable bonds is 7. The van der Waals surface area contributed by atoms with Gasteiger partial charge in [0.1, 0.15) is 5.54 Å². The zero-order valence-electron chi connectivity index (χ0n) is 11.9. The number of benzene rings is 1. The predicted molar refractivity (Wildman–Crippen MR) is 77.8 cm³/mol. The van der Waals surface area contributed by atoms with Crippen LogP contribution in [-0.2, 0) is 10.3 Å². The van der Waals surface area contributed by atoms with Gasteiger partial charge in [-0.25, -0.2) is 4.79 Å². The van der Waals surface area contributed by atoms with Gasteiger partial charge in [0.2, 0.25) is 0 Å². The van der Waals surface area contributed by atoms with Crippen LogP contribution in [0.2, 0.25) is 0 Å². The maximum atomic E-state index is 11.5. The lowest BCUT2D eigenvalue weighted by atomic mass is 9.92. The van der Waals surface area contributed by atoms with Crippen LogP contribution in [0.15, 0.2) is 29.4 Å². The highest BCUT2D eigenvalue weighted by Crippen LogP contribution is 2.23. The molecule has 0 aliphatic rings. The number of azide groups is 1. The molecule has 2 N–H and O–H groups in total. The summed E-state index contributed by atoms with van der Waals surface area (Å²) in [5.74, 6) is -0.976. The van der Waals surface area contributed by atoms with E-state index in [1.54, 1.807) is 19.1 Å². The van der Waals surface area contributed by atoms with E-state index < -0.39 is 11.5 Å². The summed E-state index contributed by atoms with van der Waals surface area (Å²) in [5.41, 5.74) is 8.65. The fourth-order valence-electron chi connectivity index (χ4n) is 1.79. The smallest absolute Gasteiger partial charge is 0.328 e. The first-order valence-electron chi connectivity index (χ1n) is 6.19. The van der Waals surface area contributed by atoms with E-state index in [4.69, 9.17) is 5.53 Å². The zero-order valence-corrected chi connectivity index (χ0v) is 11.9. The van der Waals surface area contributed by atoms with Crippen LogP contribution in [0, 0.1) is 0 Å². The third-order valence-electron chi connectivity index (χ3n) is 3.14. The number of carboxylic acids is 1. The number of hydrogen-bond acceptors (Lipinski definition) is 4. The highest BCUT2D eigenvalue weighted by Gasteiger charge is 2.34. The Hall–Kier alpha value is -2.24. The first-order chi connectivity index (χ1) is 9.41. The molecule has 0 aromatic heterocycles. The molecule has 7 heteroatoms. The number of anilines is 1. The minimum atomic E-state index is -1.21. The van der Waals surface area contributed by atoms with Crippen molar-refractivity contribution in [2.75, 3.05) is 32.1 Å². The van der Waals surface area contributed by atoms with Gasteiger partial charge in [0.15, 0.2) is 0 Å². The van der Waals surface area contributed by atoms with E-state index in [0.717, 1.165) is 5.69 Å². The van der Waals surface area contributed by atoms with Crippen molar-refractivity contribution in [2.24, 2.45) is 5.11 Å². The van der Waals surface area contributed by atoms with Crippen molar-refractivity contribution in [3.05, 3.63) is 40.3 Å². The van der Waals surface area contributed by atoms with Crippen LogP contribution < -0.4 is 10.2 Å². The van der Waals surface area contributed by atoms with Crippen molar-refractivity contribution in [1.29, 1.82) is 0 Å². The number of hydrogen-bond donors (Lipinski definition) is 2. The Kier molecular flexibility index (Phi) is 5.37. The predicted octanol–water partition coefficient (Wildman–Crippen LogP) is 1.95. The normalized spacial score (nSPS) is 13.2. The third-order valence-corrected chi connectivity index (χ3v) is 3.14. The van der Waals surface area contributed by atoms with Gasteiger partial charge < -0.3 is 10.0 Å². The number of nitrogens with zero attached hydrogens (tertiary/aromatic N) is 4. The van der Waals surface area contributed by atoms with Gasteiger partial charge in [0.05, 0.1) is 0 Å². The summed E-state index contributed by atoms with van der Waals surface area (Å²) in [7, 11) is 3.84. The van der Waals surface area contributed by atoms with Gasteiger partial charge in [-0.1, -0.05) is 17.2 Å². The van der Waals surface area contributed by atoms with Crippen LogP contribution in [0.25, 0.3) is 10.4 Å². The van der Waals surface area contributed by atoms with Crippen LogP contribution in [0.1, 0.15) is 12.5 Å². The number of carboxylic acid groups (broad SMARTS) is 1. The molecule has 0 spiro atoms. The number of carbonyl (C=O) groups is 1. The molecule has 1 aromatic rings. The molecule has 0 bridgehead atoms. The minimum absolute atomic E-state index is 0.204. The van der Waals surface area contributed by atoms with Crippen LogP contribution in [0.3, 0.4) is 0 Å². The first kappa shape index (κ1) is 15.8. The molecule has 0 radical (unpaired) electrons. The molecule has 108 valence electrons. The standard InChI is InChI=1S/C13H19N5O2/c1-13(12(19)20,15-8-9-16-17-14)10-4-6-11(7-5-10)18(2)3/h4-7,15H,8-9H2,1-3H3,(H,19,20). The Morgan fingerprint density at radius 3 is 2.50 bits per heavy atom. The Morgan fingerprint density at radius 2 is 2.05 bits per heavy atom. The van der Waals surface area contributed by atoms with Crippen molar-refractivity contribution >= 4 is 11.7 Å². The van der Waals surface area contributed by atoms with Crippen molar-refractivity contribution in [3.63, 3.8) is 0 Å². The number of aliphatic carboxylic acids is 1. The Labute approximate surface area is 117 Å². The lowest BCUT2D eigenvalue weighted by Gasteiger charge is -2.27. The molecule has 1 rings (SSSR count). The van der Waals surface area contributed by atoms with Gasteiger partial charge in [-0.15, -0.1) is 0 Å². The van der Waals surface area contributed by atoms with Crippen molar-refractivity contribution in [2.45, 2.75) is 12.5 Å². The summed E-state index contributed by atoms with van der Waals surface area (Å²) in [6.45, 7) is 2.09. The van der Waals surface area contributed by atoms with Gasteiger partial charge in [0.25, 0.3) is 0 Å². The Bertz CT molecular complexity index is 508. The van der Waals surface area contributed by atoms with Gasteiger partial charge in [-0.2, -0.15) is 0 Å². The molecular weight excluding hydrogens is 258 g/mol. The lowest BCUT2D eigenvalue weighted by Crippen LogP contribution is -2.47. The summed E-state index contributed by atoms with van der Waals surface area (Å²) < 4.78 is 0. The van der Waals surface area contributed by atoms with Crippen LogP contribution in [0.5, 0.6) is 0 Å². The van der Waals surface area contributed by atoms with E-state index >= 15 is 0 Å². The molecule has 0 saturated heterocycles. The van der Waals surface area contributed by atoms with Crippen LogP contribution in [0.4, 0.5) is 5.69 Å². The minimum Gasteiger partial charge on any atom is -0.480 e. The van der Waals surface area contributed by atoms with Gasteiger partial charge in [0, 0.05) is 37.8 Å². The molecule has 0 aliphatic carbocycles. The fraction of sp³-hybridized carbons (Fsp3) is 0.462. The van der Waals surface area contributed by atoms with Crippen LogP contribution >= 0.6 is 0 Å². The average molecular weight is 277 g/mol. The maximum Gasteiger partial charge on any atom is 0.328 e. The van der Waals surface area contributed by atoms with Crippen molar-refractivity contribution < 1.29 is 9.90 Å². The molecule has 1 atom stereocenters. The first-order valence-corrected chi connectivity index (χ1v) is 6.19. The summed E-state index contributed by atoms with van der Waals surface area (Å²) in [4.78, 5) is 16.1. The van der Waals surface area contributed by atoms with Gasteiger partial charge >= 0.3 is 5.97 Å². The molecule has 0 fully saturated rings. The molecule has 0 saturated carbocycles. The fourth-order valence-corrected chi connectivity index (χ4v) is 1.79. The second kappa shape index (κ2) is 6.79. The van der Waals surface area contributed by atoms with E-state index in [1.807, 2.05) is 31.1 Å². The third kappa shape index (κ3) is 3.63. The van der Waals surface area contributed by atoms with Crippen molar-refractivity contribution in [1.82, 2.24) is 5.32 Å². The summed E-state index contributed by atoms with van der Waals surface area (Å²) in [6, 6.07) is 7.30. The van der Waals surface area contributed by atoms with E-state index in [1.165, 1.54) is 0 Å². The molecule has 1 aromatic carbocycles. The second-order valence-electron chi connectivity index (χ2n) is 4.75. The Morgan fingerprint density at radius 1 is 1.45 bits per heavy atom. The SMILES string of the molecule is CN(C)c1ccc(C(C)(NCCN=[N+]=[N-])C(=O)O)cc1. The molecule has 20 heavy (non-hydrogen) atoms. The summed E-state index contributed by atoms with van der Waals surface area (Å²) in [6.07, 6.45) is 0. The van der Waals surface area contributed by atoms with Crippen molar-refractivity contribution in [3.8, 4) is 0 Å². The molecule has 1 unspecified atom stereocenters. The zero-order chi connectivity index (χ0) is 15.2. The summed E-state index contributed by atoms with van der Waals surface area (Å²) in [5, 5.41) is 15.7. The maximum absolute atomic E-state index is 11.5.